The molecular formula is C13H16N2O4. The molecule has 1 fully saturated rings. The van der Waals surface area contributed by atoms with E-state index >= 15 is 0 Å². The second-order valence-corrected chi connectivity index (χ2v) is 4.19. The first-order valence-corrected chi connectivity index (χ1v) is 6.16. The smallest absolute Gasteiger partial charge is 0.356 e. The lowest BCUT2D eigenvalue weighted by Crippen LogP contribution is -2.40. The Labute approximate surface area is 111 Å². The van der Waals surface area contributed by atoms with E-state index in [9.17, 15) is 4.79 Å². The van der Waals surface area contributed by atoms with E-state index in [2.05, 4.69) is 16.1 Å². The quantitative estimate of drug-likeness (QED) is 0.652. The highest BCUT2D eigenvalue weighted by molar-refractivity contribution is 5.87. The minimum atomic E-state index is -0.709. The summed E-state index contributed by atoms with van der Waals surface area (Å²) >= 11 is 0. The molecule has 1 saturated heterocycles. The number of H-pyrrole nitrogens is 1. The molecule has 0 aromatic carbocycles. The van der Waals surface area contributed by atoms with E-state index in [1.165, 1.54) is 6.07 Å². The number of nitrogens with one attached hydrogen (secondary N) is 1. The predicted octanol–water partition coefficient (Wildman–Crippen LogP) is 1.15. The van der Waals surface area contributed by atoms with Gasteiger partial charge in [0, 0.05) is 18.9 Å². The van der Waals surface area contributed by atoms with Gasteiger partial charge in [-0.2, -0.15) is 0 Å². The van der Waals surface area contributed by atoms with E-state index < -0.39 is 11.6 Å². The number of carbonyl (C=O) groups is 1. The van der Waals surface area contributed by atoms with Gasteiger partial charge >= 0.3 is 5.97 Å². The normalized spacial score (nSPS) is 17.5. The molecule has 1 aromatic heterocycles. The van der Waals surface area contributed by atoms with Crippen molar-refractivity contribution in [1.82, 2.24) is 10.2 Å². The molecule has 0 amide bonds. The molecule has 19 heavy (non-hydrogen) atoms. The van der Waals surface area contributed by atoms with Crippen LogP contribution in [0.5, 0.6) is 5.88 Å². The fourth-order valence-corrected chi connectivity index (χ4v) is 1.85. The lowest BCUT2D eigenvalue weighted by atomic mass is 9.95. The molecule has 102 valence electrons. The third-order valence-electron chi connectivity index (χ3n) is 2.91. The van der Waals surface area contributed by atoms with Gasteiger partial charge in [0.05, 0.1) is 19.8 Å². The standard InChI is InChI=1S/C13H16N2O4/c1-3-13(5-7-17-8-6-13)19-11-9-10(14-15-11)12(16)18-4-2/h1,9H,4-8H2,2H3,(H,14,15). The van der Waals surface area contributed by atoms with Crippen molar-refractivity contribution in [2.75, 3.05) is 19.8 Å². The number of aromatic nitrogens is 2. The average Bonchev–Trinajstić information content (AvgIpc) is 2.88. The molecule has 2 rings (SSSR count). The van der Waals surface area contributed by atoms with Crippen LogP contribution < -0.4 is 4.74 Å². The Morgan fingerprint density at radius 2 is 2.37 bits per heavy atom. The van der Waals surface area contributed by atoms with Gasteiger partial charge in [-0.1, -0.05) is 5.92 Å². The number of aromatic amines is 1. The number of esters is 1. The number of nitrogens with zero attached hydrogens (tertiary/aromatic N) is 1. The summed E-state index contributed by atoms with van der Waals surface area (Å²) in [7, 11) is 0. The van der Waals surface area contributed by atoms with Crippen LogP contribution in [0.3, 0.4) is 0 Å². The van der Waals surface area contributed by atoms with Gasteiger partial charge in [-0.3, -0.25) is 5.10 Å². The minimum Gasteiger partial charge on any atom is -0.461 e. The summed E-state index contributed by atoms with van der Waals surface area (Å²) in [6.07, 6.45) is 6.74. The number of rotatable bonds is 4. The maximum absolute atomic E-state index is 11.5. The molecule has 1 aliphatic heterocycles. The van der Waals surface area contributed by atoms with E-state index in [1.54, 1.807) is 6.92 Å². The first-order chi connectivity index (χ1) is 9.19. The van der Waals surface area contributed by atoms with Crippen molar-refractivity contribution < 1.29 is 19.0 Å². The fraction of sp³-hybridized carbons (Fsp3) is 0.538. The summed E-state index contributed by atoms with van der Waals surface area (Å²) in [6.45, 7) is 3.15. The largest absolute Gasteiger partial charge is 0.461 e. The molecule has 2 heterocycles. The van der Waals surface area contributed by atoms with Gasteiger partial charge in [0.2, 0.25) is 5.88 Å². The van der Waals surface area contributed by atoms with Gasteiger partial charge in [-0.05, 0) is 6.92 Å². The van der Waals surface area contributed by atoms with Gasteiger partial charge in [-0.15, -0.1) is 11.5 Å². The van der Waals surface area contributed by atoms with Crippen LogP contribution in [-0.2, 0) is 9.47 Å². The van der Waals surface area contributed by atoms with Crippen molar-refractivity contribution in [1.29, 1.82) is 0 Å². The zero-order valence-corrected chi connectivity index (χ0v) is 10.8. The maximum Gasteiger partial charge on any atom is 0.356 e. The molecular weight excluding hydrogens is 248 g/mol. The van der Waals surface area contributed by atoms with Crippen LogP contribution in [0.1, 0.15) is 30.3 Å². The molecule has 6 nitrogen and oxygen atoms in total. The van der Waals surface area contributed by atoms with Crippen LogP contribution >= 0.6 is 0 Å². The average molecular weight is 264 g/mol. The summed E-state index contributed by atoms with van der Waals surface area (Å²) in [4.78, 5) is 11.5. The Bertz CT molecular complexity index is 483. The zero-order valence-electron chi connectivity index (χ0n) is 10.8. The first-order valence-electron chi connectivity index (χ1n) is 6.16. The topological polar surface area (TPSA) is 73.4 Å². The number of hydrogen-bond acceptors (Lipinski definition) is 5. The number of carbonyl (C=O) groups excluding carboxylic acids is 1. The summed E-state index contributed by atoms with van der Waals surface area (Å²) in [5.74, 6) is 2.49. The molecule has 0 atom stereocenters. The maximum atomic E-state index is 11.5. The molecule has 0 spiro atoms. The molecule has 1 aliphatic rings. The third-order valence-corrected chi connectivity index (χ3v) is 2.91. The molecule has 0 aliphatic carbocycles. The molecule has 1 N–H and O–H groups in total. The highest BCUT2D eigenvalue weighted by atomic mass is 16.5. The summed E-state index contributed by atoms with van der Waals surface area (Å²) in [5.41, 5.74) is -0.463. The Morgan fingerprint density at radius 3 is 3.00 bits per heavy atom. The number of ether oxygens (including phenoxy) is 3. The number of hydrogen-bond donors (Lipinski definition) is 1. The first kappa shape index (κ1) is 13.4. The van der Waals surface area contributed by atoms with Gasteiger partial charge in [0.15, 0.2) is 5.60 Å². The van der Waals surface area contributed by atoms with Crippen molar-refractivity contribution in [3.8, 4) is 18.2 Å². The van der Waals surface area contributed by atoms with E-state index in [0.29, 0.717) is 38.5 Å². The van der Waals surface area contributed by atoms with E-state index in [-0.39, 0.29) is 5.69 Å². The molecule has 0 saturated carbocycles. The van der Waals surface area contributed by atoms with E-state index in [4.69, 9.17) is 20.6 Å². The fourth-order valence-electron chi connectivity index (χ4n) is 1.85. The Hall–Kier alpha value is -2.00. The van der Waals surface area contributed by atoms with Crippen LogP contribution in [0.25, 0.3) is 0 Å². The molecule has 0 radical (unpaired) electrons. The van der Waals surface area contributed by atoms with Crippen molar-refractivity contribution in [3.05, 3.63) is 11.8 Å². The number of terminal acetylenes is 1. The monoisotopic (exact) mass is 264 g/mol. The van der Waals surface area contributed by atoms with Gasteiger partial charge in [0.25, 0.3) is 0 Å². The van der Waals surface area contributed by atoms with Crippen molar-refractivity contribution in [2.24, 2.45) is 0 Å². The van der Waals surface area contributed by atoms with Crippen molar-refractivity contribution in [3.63, 3.8) is 0 Å². The summed E-state index contributed by atoms with van der Waals surface area (Å²) < 4.78 is 15.9. The molecule has 6 heteroatoms. The lowest BCUT2D eigenvalue weighted by molar-refractivity contribution is -0.0133. The van der Waals surface area contributed by atoms with Gasteiger partial charge in [-0.25, -0.2) is 4.79 Å². The zero-order chi connectivity index (χ0) is 13.7. The predicted molar refractivity (Wildman–Crippen MR) is 66.8 cm³/mol. The second kappa shape index (κ2) is 5.76. The molecule has 1 aromatic rings. The van der Waals surface area contributed by atoms with Crippen LogP contribution in [0.2, 0.25) is 0 Å². The van der Waals surface area contributed by atoms with Crippen molar-refractivity contribution in [2.45, 2.75) is 25.4 Å². The Balaban J connectivity index is 2.06. The summed E-state index contributed by atoms with van der Waals surface area (Å²) in [5, 5.41) is 6.49. The minimum absolute atomic E-state index is 0.246. The Kier molecular flexibility index (Phi) is 4.07. The van der Waals surface area contributed by atoms with Gasteiger partial charge < -0.3 is 14.2 Å². The van der Waals surface area contributed by atoms with Gasteiger partial charge in [0.1, 0.15) is 5.69 Å². The Morgan fingerprint density at radius 1 is 1.63 bits per heavy atom. The second-order valence-electron chi connectivity index (χ2n) is 4.19. The van der Waals surface area contributed by atoms with Crippen LogP contribution in [0.4, 0.5) is 0 Å². The molecule has 0 unspecified atom stereocenters. The van der Waals surface area contributed by atoms with Crippen LogP contribution in [-0.4, -0.2) is 41.6 Å². The third kappa shape index (κ3) is 3.06. The lowest BCUT2D eigenvalue weighted by Gasteiger charge is -2.31. The molecule has 0 bridgehead atoms. The van der Waals surface area contributed by atoms with E-state index in [1.807, 2.05) is 0 Å². The SMILES string of the molecule is C#CC1(Oc2cc(C(=O)OCC)[nH]n2)CCOCC1. The van der Waals surface area contributed by atoms with Crippen LogP contribution in [0, 0.1) is 12.3 Å². The van der Waals surface area contributed by atoms with Crippen LogP contribution in [0.15, 0.2) is 6.07 Å². The van der Waals surface area contributed by atoms with E-state index in [0.717, 1.165) is 0 Å². The summed E-state index contributed by atoms with van der Waals surface area (Å²) in [6, 6.07) is 1.49. The van der Waals surface area contributed by atoms with Crippen molar-refractivity contribution >= 4 is 5.97 Å². The highest BCUT2D eigenvalue weighted by Gasteiger charge is 2.33. The highest BCUT2D eigenvalue weighted by Crippen LogP contribution is 2.26.